The molecule has 0 atom stereocenters. The zero-order valence-electron chi connectivity index (χ0n) is 13.3. The Labute approximate surface area is 155 Å². The van der Waals surface area contributed by atoms with Gasteiger partial charge in [0.05, 0.1) is 17.4 Å². The van der Waals surface area contributed by atoms with Crippen LogP contribution in [0.5, 0.6) is 5.75 Å². The summed E-state index contributed by atoms with van der Waals surface area (Å²) >= 11 is 3.34. The first-order valence-corrected chi connectivity index (χ1v) is 8.57. The fraction of sp³-hybridized carbons (Fsp3) is 0.0556. The van der Waals surface area contributed by atoms with Gasteiger partial charge in [-0.3, -0.25) is 9.59 Å². The molecular weight excluding hydrogens is 400 g/mol. The molecule has 0 aliphatic rings. The molecule has 3 aromatic carbocycles. The molecule has 7 nitrogen and oxygen atoms in total. The molecule has 0 saturated heterocycles. The third-order valence-electron chi connectivity index (χ3n) is 4.10. The quantitative estimate of drug-likeness (QED) is 0.375. The summed E-state index contributed by atoms with van der Waals surface area (Å²) in [6.07, 6.45) is 1.59. The van der Waals surface area contributed by atoms with E-state index in [0.717, 1.165) is 15.5 Å². The lowest BCUT2D eigenvalue weighted by Crippen LogP contribution is -2.36. The van der Waals surface area contributed by atoms with Crippen molar-refractivity contribution in [2.75, 3.05) is 10.6 Å². The van der Waals surface area contributed by atoms with Crippen molar-refractivity contribution in [1.82, 2.24) is 9.97 Å². The van der Waals surface area contributed by atoms with Gasteiger partial charge in [-0.15, -0.1) is 0 Å². The van der Waals surface area contributed by atoms with Gasteiger partial charge in [0.15, 0.2) is 0 Å². The van der Waals surface area contributed by atoms with Crippen LogP contribution in [0.2, 0.25) is 0 Å². The van der Waals surface area contributed by atoms with E-state index in [1.165, 1.54) is 0 Å². The highest BCUT2D eigenvalue weighted by Crippen LogP contribution is 2.26. The molecule has 130 valence electrons. The average molecular weight is 413 g/mol. The van der Waals surface area contributed by atoms with Crippen molar-refractivity contribution < 1.29 is 5.11 Å². The van der Waals surface area contributed by atoms with Crippen molar-refractivity contribution >= 4 is 44.0 Å². The van der Waals surface area contributed by atoms with Crippen LogP contribution in [0, 0.1) is 0 Å². The van der Waals surface area contributed by atoms with E-state index in [1.807, 2.05) is 6.07 Å². The van der Waals surface area contributed by atoms with Crippen LogP contribution in [-0.4, -0.2) is 15.1 Å². The van der Waals surface area contributed by atoms with E-state index in [4.69, 9.17) is 0 Å². The average Bonchev–Trinajstić information content (AvgIpc) is 3.11. The summed E-state index contributed by atoms with van der Waals surface area (Å²) in [5.74, 6) is 0.109. The number of imidazole rings is 1. The number of H-pyrrole nitrogens is 1. The number of rotatable bonds is 5. The SMILES string of the molecule is O=c1c(NCc2cc(Br)ccc2O)c(Nc2ccc3[nH]cnc3c2)c1=O. The molecule has 1 aromatic heterocycles. The Morgan fingerprint density at radius 3 is 2.73 bits per heavy atom. The number of nitrogens with zero attached hydrogens (tertiary/aromatic N) is 1. The van der Waals surface area contributed by atoms with E-state index < -0.39 is 10.9 Å². The molecule has 4 rings (SSSR count). The van der Waals surface area contributed by atoms with E-state index >= 15 is 0 Å². The number of phenolic OH excluding ortho intramolecular Hbond substituents is 1. The number of halogens is 1. The number of phenols is 1. The monoisotopic (exact) mass is 412 g/mol. The second kappa shape index (κ2) is 6.30. The minimum absolute atomic E-state index is 0.109. The van der Waals surface area contributed by atoms with E-state index in [9.17, 15) is 14.7 Å². The first-order valence-electron chi connectivity index (χ1n) is 7.77. The van der Waals surface area contributed by atoms with E-state index in [-0.39, 0.29) is 23.7 Å². The second-order valence-electron chi connectivity index (χ2n) is 5.79. The van der Waals surface area contributed by atoms with Crippen LogP contribution in [0.25, 0.3) is 11.0 Å². The Bertz CT molecular complexity index is 1190. The van der Waals surface area contributed by atoms with Crippen molar-refractivity contribution in [1.29, 1.82) is 0 Å². The van der Waals surface area contributed by atoms with Crippen LogP contribution >= 0.6 is 15.9 Å². The Morgan fingerprint density at radius 2 is 1.88 bits per heavy atom. The topological polar surface area (TPSA) is 107 Å². The Morgan fingerprint density at radius 1 is 1.08 bits per heavy atom. The van der Waals surface area contributed by atoms with Gasteiger partial charge in [0.25, 0.3) is 10.9 Å². The lowest BCUT2D eigenvalue weighted by atomic mass is 10.1. The summed E-state index contributed by atoms with van der Waals surface area (Å²) in [4.78, 5) is 31.0. The van der Waals surface area contributed by atoms with Gasteiger partial charge in [0.1, 0.15) is 17.1 Å². The molecule has 0 radical (unpaired) electrons. The summed E-state index contributed by atoms with van der Waals surface area (Å²) in [7, 11) is 0. The van der Waals surface area contributed by atoms with Gasteiger partial charge in [-0.25, -0.2) is 4.98 Å². The van der Waals surface area contributed by atoms with Crippen LogP contribution in [0.4, 0.5) is 17.1 Å². The normalized spacial score (nSPS) is 11.1. The van der Waals surface area contributed by atoms with E-state index in [1.54, 1.807) is 36.7 Å². The van der Waals surface area contributed by atoms with Gasteiger partial charge in [-0.1, -0.05) is 15.9 Å². The summed E-state index contributed by atoms with van der Waals surface area (Å²) in [6, 6.07) is 10.4. The van der Waals surface area contributed by atoms with Crippen LogP contribution in [0.1, 0.15) is 5.56 Å². The van der Waals surface area contributed by atoms with E-state index in [0.29, 0.717) is 11.3 Å². The van der Waals surface area contributed by atoms with Crippen LogP contribution in [0.15, 0.2) is 56.8 Å². The summed E-state index contributed by atoms with van der Waals surface area (Å²) in [5, 5.41) is 15.8. The maximum absolute atomic E-state index is 11.9. The van der Waals surface area contributed by atoms with Gasteiger partial charge < -0.3 is 20.7 Å². The number of benzene rings is 2. The third kappa shape index (κ3) is 2.84. The number of nitrogens with one attached hydrogen (secondary N) is 3. The number of anilines is 3. The lowest BCUT2D eigenvalue weighted by Gasteiger charge is -2.15. The smallest absolute Gasteiger partial charge is 0.253 e. The molecule has 0 bridgehead atoms. The van der Waals surface area contributed by atoms with Crippen molar-refractivity contribution in [3.63, 3.8) is 0 Å². The van der Waals surface area contributed by atoms with Crippen LogP contribution in [0.3, 0.4) is 0 Å². The predicted octanol–water partition coefficient (Wildman–Crippen LogP) is 2.98. The molecular formula is C18H13BrN4O3. The molecule has 1 heterocycles. The minimum atomic E-state index is -0.581. The zero-order chi connectivity index (χ0) is 18.3. The Kier molecular flexibility index (Phi) is 3.96. The number of hydrogen-bond acceptors (Lipinski definition) is 6. The number of fused-ring (bicyclic) bond motifs is 1. The minimum Gasteiger partial charge on any atom is -0.508 e. The highest BCUT2D eigenvalue weighted by Gasteiger charge is 2.21. The molecule has 0 fully saturated rings. The summed E-state index contributed by atoms with van der Waals surface area (Å²) < 4.78 is 0.808. The van der Waals surface area contributed by atoms with Gasteiger partial charge in [0, 0.05) is 22.3 Å². The molecule has 0 aliphatic carbocycles. The van der Waals surface area contributed by atoms with Crippen LogP contribution < -0.4 is 21.5 Å². The fourth-order valence-corrected chi connectivity index (χ4v) is 3.12. The molecule has 0 spiro atoms. The maximum Gasteiger partial charge on any atom is 0.253 e. The summed E-state index contributed by atoms with van der Waals surface area (Å²) in [5.41, 5.74) is 2.15. The highest BCUT2D eigenvalue weighted by atomic mass is 79.9. The molecule has 0 aliphatic heterocycles. The van der Waals surface area contributed by atoms with E-state index in [2.05, 4.69) is 36.5 Å². The molecule has 0 saturated carbocycles. The maximum atomic E-state index is 11.9. The number of aromatic hydroxyl groups is 1. The Balaban J connectivity index is 1.57. The third-order valence-corrected chi connectivity index (χ3v) is 4.59. The molecule has 8 heteroatoms. The molecule has 0 amide bonds. The molecule has 26 heavy (non-hydrogen) atoms. The van der Waals surface area contributed by atoms with Crippen molar-refractivity contribution in [3.05, 3.63) is 73.2 Å². The molecule has 0 unspecified atom stereocenters. The number of hydrogen-bond donors (Lipinski definition) is 4. The Hall–Kier alpha value is -3.13. The van der Waals surface area contributed by atoms with Gasteiger partial charge in [-0.05, 0) is 36.4 Å². The number of aromatic amines is 1. The highest BCUT2D eigenvalue weighted by molar-refractivity contribution is 9.10. The number of aromatic nitrogens is 2. The lowest BCUT2D eigenvalue weighted by molar-refractivity contribution is 0.469. The molecule has 4 N–H and O–H groups in total. The van der Waals surface area contributed by atoms with Crippen molar-refractivity contribution in [2.24, 2.45) is 0 Å². The summed E-state index contributed by atoms with van der Waals surface area (Å²) in [6.45, 7) is 0.212. The van der Waals surface area contributed by atoms with Crippen molar-refractivity contribution in [2.45, 2.75) is 6.54 Å². The van der Waals surface area contributed by atoms with Gasteiger partial charge in [-0.2, -0.15) is 0 Å². The standard InChI is InChI=1S/C18H13BrN4O3/c19-10-1-4-14(24)9(5-10)7-20-15-16(18(26)17(15)25)23-11-2-3-12-13(6-11)22-8-21-12/h1-6,8,20,23-24H,7H2,(H,21,22). The van der Waals surface area contributed by atoms with Gasteiger partial charge in [0.2, 0.25) is 0 Å². The first-order chi connectivity index (χ1) is 12.5. The second-order valence-corrected chi connectivity index (χ2v) is 6.71. The van der Waals surface area contributed by atoms with Crippen LogP contribution in [-0.2, 0) is 6.54 Å². The predicted molar refractivity (Wildman–Crippen MR) is 104 cm³/mol. The zero-order valence-corrected chi connectivity index (χ0v) is 14.9. The first kappa shape index (κ1) is 16.3. The van der Waals surface area contributed by atoms with Gasteiger partial charge >= 0.3 is 0 Å². The fourth-order valence-electron chi connectivity index (χ4n) is 2.71. The largest absolute Gasteiger partial charge is 0.508 e. The molecule has 4 aromatic rings. The van der Waals surface area contributed by atoms with Crippen molar-refractivity contribution in [3.8, 4) is 5.75 Å².